The van der Waals surface area contributed by atoms with Gasteiger partial charge in [-0.15, -0.1) is 0 Å². The third-order valence-electron chi connectivity index (χ3n) is 4.86. The molecule has 1 heterocycles. The first kappa shape index (κ1) is 22.6. The first-order valence-electron chi connectivity index (χ1n) is 10.1. The van der Waals surface area contributed by atoms with Crippen molar-refractivity contribution < 1.29 is 14.0 Å². The number of hydrogen-bond acceptors (Lipinski definition) is 4. The molecule has 0 saturated carbocycles. The van der Waals surface area contributed by atoms with Crippen LogP contribution in [0.5, 0.6) is 0 Å². The topological polar surface area (TPSA) is 59.1 Å². The van der Waals surface area contributed by atoms with Gasteiger partial charge in [-0.3, -0.25) is 14.6 Å². The van der Waals surface area contributed by atoms with Gasteiger partial charge in [-0.2, -0.15) is 0 Å². The van der Waals surface area contributed by atoms with Gasteiger partial charge in [0.05, 0.1) is 0 Å². The number of carbonyl (C=O) groups is 2. The lowest BCUT2D eigenvalue weighted by Crippen LogP contribution is -2.00. The molecular weight excluding hydrogens is 403 g/mol. The van der Waals surface area contributed by atoms with Crippen molar-refractivity contribution in [2.75, 3.05) is 12.4 Å². The van der Waals surface area contributed by atoms with Gasteiger partial charge in [-0.1, -0.05) is 54.6 Å². The molecule has 0 unspecified atom stereocenters. The number of aldehydes is 1. The normalized spacial score (nSPS) is 9.97. The lowest BCUT2D eigenvalue weighted by atomic mass is 10.0. The molecule has 0 aliphatic heterocycles. The number of carbonyl (C=O) groups excluding carboxylic acids is 2. The van der Waals surface area contributed by atoms with Gasteiger partial charge in [-0.25, -0.2) is 4.39 Å². The van der Waals surface area contributed by atoms with E-state index in [0.717, 1.165) is 23.0 Å². The second-order valence-electron chi connectivity index (χ2n) is 7.04. The molecule has 0 radical (unpaired) electrons. The highest BCUT2D eigenvalue weighted by atomic mass is 19.1. The number of rotatable bonds is 5. The molecule has 4 aromatic rings. The lowest BCUT2D eigenvalue weighted by molar-refractivity contribution is 0.101. The van der Waals surface area contributed by atoms with Crippen LogP contribution in [0, 0.1) is 5.82 Å². The van der Waals surface area contributed by atoms with Crippen LogP contribution in [-0.4, -0.2) is 24.1 Å². The van der Waals surface area contributed by atoms with Gasteiger partial charge >= 0.3 is 0 Å². The molecule has 0 saturated heterocycles. The number of benzene rings is 3. The Bertz CT molecular complexity index is 1220. The molecule has 4 nitrogen and oxygen atoms in total. The van der Waals surface area contributed by atoms with Crippen LogP contribution in [0.25, 0.3) is 22.3 Å². The highest BCUT2D eigenvalue weighted by Crippen LogP contribution is 2.27. The average molecular weight is 426 g/mol. The maximum absolute atomic E-state index is 13.7. The van der Waals surface area contributed by atoms with Crippen LogP contribution in [0.3, 0.4) is 0 Å². The first-order valence-corrected chi connectivity index (χ1v) is 10.1. The van der Waals surface area contributed by atoms with E-state index in [-0.39, 0.29) is 11.6 Å². The van der Waals surface area contributed by atoms with Gasteiger partial charge in [0.2, 0.25) is 0 Å². The fourth-order valence-electron chi connectivity index (χ4n) is 3.23. The van der Waals surface area contributed by atoms with Gasteiger partial charge in [0, 0.05) is 47.4 Å². The van der Waals surface area contributed by atoms with Crippen LogP contribution in [0.15, 0.2) is 91.3 Å². The number of Topliss-reactive ketones (excluding diaryl/α,β-unsaturated/α-hetero) is 1. The van der Waals surface area contributed by atoms with Gasteiger partial charge in [0.15, 0.2) is 12.1 Å². The van der Waals surface area contributed by atoms with Crippen molar-refractivity contribution in [1.82, 2.24) is 4.98 Å². The average Bonchev–Trinajstić information content (AvgIpc) is 2.85. The highest BCUT2D eigenvalue weighted by Gasteiger charge is 2.10. The summed E-state index contributed by atoms with van der Waals surface area (Å²) in [6, 6.07) is 23.5. The number of anilines is 1. The quantitative estimate of drug-likeness (QED) is 0.301. The minimum atomic E-state index is -0.268. The maximum Gasteiger partial charge on any atom is 0.161 e. The summed E-state index contributed by atoms with van der Waals surface area (Å²) in [7, 11) is 1.74. The summed E-state index contributed by atoms with van der Waals surface area (Å²) < 4.78 is 13.7. The summed E-state index contributed by atoms with van der Waals surface area (Å²) in [4.78, 5) is 26.0. The van der Waals surface area contributed by atoms with E-state index in [1.807, 2.05) is 36.4 Å². The predicted octanol–water partition coefficient (Wildman–Crippen LogP) is 6.30. The molecule has 0 spiro atoms. The van der Waals surface area contributed by atoms with E-state index < -0.39 is 0 Å². The van der Waals surface area contributed by atoms with E-state index in [4.69, 9.17) is 0 Å². The Balaban J connectivity index is 0.000000186. The standard InChI is InChI=1S/C15H14FNO.C12H9NO/c1-10(18)12-8-7-11(9-15(12)17-2)13-5-3-4-6-14(13)16;14-9-10-6-12(8-13-7-10)11-4-2-1-3-5-11/h3-9,17H,1-2H3;1-9H. The van der Waals surface area contributed by atoms with Gasteiger partial charge < -0.3 is 5.32 Å². The van der Waals surface area contributed by atoms with E-state index in [1.54, 1.807) is 55.8 Å². The number of nitrogens with zero attached hydrogens (tertiary/aromatic N) is 1. The zero-order valence-corrected chi connectivity index (χ0v) is 17.9. The summed E-state index contributed by atoms with van der Waals surface area (Å²) in [6.07, 6.45) is 4.11. The van der Waals surface area contributed by atoms with Crippen molar-refractivity contribution in [3.63, 3.8) is 0 Å². The number of nitrogens with one attached hydrogen (secondary N) is 1. The Kier molecular flexibility index (Phi) is 7.60. The molecule has 160 valence electrons. The smallest absolute Gasteiger partial charge is 0.161 e. The van der Waals surface area contributed by atoms with E-state index in [1.165, 1.54) is 13.0 Å². The second-order valence-corrected chi connectivity index (χ2v) is 7.04. The van der Waals surface area contributed by atoms with Crippen molar-refractivity contribution in [3.8, 4) is 22.3 Å². The van der Waals surface area contributed by atoms with Crippen molar-refractivity contribution >= 4 is 17.8 Å². The van der Waals surface area contributed by atoms with E-state index in [0.29, 0.717) is 22.4 Å². The largest absolute Gasteiger partial charge is 0.388 e. The molecule has 1 N–H and O–H groups in total. The molecule has 32 heavy (non-hydrogen) atoms. The van der Waals surface area contributed by atoms with Crippen molar-refractivity contribution in [2.45, 2.75) is 6.92 Å². The summed E-state index contributed by atoms with van der Waals surface area (Å²) >= 11 is 0. The number of aromatic nitrogens is 1. The highest BCUT2D eigenvalue weighted by molar-refractivity contribution is 6.00. The number of ketones is 1. The van der Waals surface area contributed by atoms with Crippen LogP contribution in [-0.2, 0) is 0 Å². The molecule has 0 atom stereocenters. The fourth-order valence-corrected chi connectivity index (χ4v) is 3.23. The molecule has 0 fully saturated rings. The summed E-state index contributed by atoms with van der Waals surface area (Å²) in [5.74, 6) is -0.283. The fraction of sp³-hybridized carbons (Fsp3) is 0.0741. The summed E-state index contributed by atoms with van der Waals surface area (Å²) in [6.45, 7) is 1.51. The third kappa shape index (κ3) is 5.52. The van der Waals surface area contributed by atoms with E-state index in [9.17, 15) is 14.0 Å². The molecule has 0 amide bonds. The first-order chi connectivity index (χ1) is 15.5. The van der Waals surface area contributed by atoms with Crippen molar-refractivity contribution in [3.05, 3.63) is 108 Å². The van der Waals surface area contributed by atoms with Crippen molar-refractivity contribution in [1.29, 1.82) is 0 Å². The molecule has 3 aromatic carbocycles. The zero-order chi connectivity index (χ0) is 22.9. The molecule has 0 aliphatic carbocycles. The Morgan fingerprint density at radius 2 is 1.59 bits per heavy atom. The number of halogens is 1. The number of hydrogen-bond donors (Lipinski definition) is 1. The van der Waals surface area contributed by atoms with Crippen LogP contribution < -0.4 is 5.32 Å². The van der Waals surface area contributed by atoms with E-state index >= 15 is 0 Å². The molecule has 4 rings (SSSR count). The SMILES string of the molecule is CNc1cc(-c2ccccc2F)ccc1C(C)=O.O=Cc1cncc(-c2ccccc2)c1. The molecule has 5 heteroatoms. The lowest BCUT2D eigenvalue weighted by Gasteiger charge is -2.10. The Labute approximate surface area is 186 Å². The van der Waals surface area contributed by atoms with E-state index in [2.05, 4.69) is 10.3 Å². The summed E-state index contributed by atoms with van der Waals surface area (Å²) in [5, 5.41) is 2.96. The minimum absolute atomic E-state index is 0.0144. The third-order valence-corrected chi connectivity index (χ3v) is 4.86. The van der Waals surface area contributed by atoms with Gasteiger partial charge in [0.25, 0.3) is 0 Å². The van der Waals surface area contributed by atoms with Crippen LogP contribution >= 0.6 is 0 Å². The molecular formula is C27H23FN2O2. The van der Waals surface area contributed by atoms with Gasteiger partial charge in [0.1, 0.15) is 5.82 Å². The predicted molar refractivity (Wildman–Crippen MR) is 126 cm³/mol. The zero-order valence-electron chi connectivity index (χ0n) is 17.9. The second kappa shape index (κ2) is 10.8. The molecule has 0 bridgehead atoms. The Morgan fingerprint density at radius 1 is 0.875 bits per heavy atom. The minimum Gasteiger partial charge on any atom is -0.388 e. The monoisotopic (exact) mass is 426 g/mol. The molecule has 1 aromatic heterocycles. The van der Waals surface area contributed by atoms with Gasteiger partial charge in [-0.05, 0) is 42.3 Å². The Morgan fingerprint density at radius 3 is 2.25 bits per heavy atom. The van der Waals surface area contributed by atoms with Crippen LogP contribution in [0.1, 0.15) is 27.6 Å². The maximum atomic E-state index is 13.7. The van der Waals surface area contributed by atoms with Crippen molar-refractivity contribution in [2.24, 2.45) is 0 Å². The molecule has 0 aliphatic rings. The number of pyridine rings is 1. The van der Waals surface area contributed by atoms with Crippen LogP contribution in [0.4, 0.5) is 10.1 Å². The summed E-state index contributed by atoms with van der Waals surface area (Å²) in [5.41, 5.74) is 5.25. The van der Waals surface area contributed by atoms with Crippen LogP contribution in [0.2, 0.25) is 0 Å². The Hall–Kier alpha value is -4.12.